The second-order valence-corrected chi connectivity index (χ2v) is 6.80. The van der Waals surface area contributed by atoms with Crippen LogP contribution in [0.25, 0.3) is 15.5 Å². The zero-order valence-electron chi connectivity index (χ0n) is 10.3. The summed E-state index contributed by atoms with van der Waals surface area (Å²) < 4.78 is 3.96. The molecule has 19 heavy (non-hydrogen) atoms. The fourth-order valence-corrected chi connectivity index (χ4v) is 3.80. The molecule has 7 heteroatoms. The zero-order chi connectivity index (χ0) is 13.6. The summed E-state index contributed by atoms with van der Waals surface area (Å²) in [6.45, 7) is 4.11. The Morgan fingerprint density at radius 1 is 1.21 bits per heavy atom. The number of hydrogen-bond donors (Lipinski definition) is 0. The first-order valence-electron chi connectivity index (χ1n) is 5.77. The average Bonchev–Trinajstić information content (AvgIpc) is 2.94. The lowest BCUT2D eigenvalue weighted by molar-refractivity contribution is 0.838. The van der Waals surface area contributed by atoms with E-state index in [1.807, 2.05) is 4.52 Å². The molecule has 1 aromatic carbocycles. The second-order valence-electron chi connectivity index (χ2n) is 4.14. The van der Waals surface area contributed by atoms with E-state index in [9.17, 15) is 0 Å². The zero-order valence-corrected chi connectivity index (χ0v) is 14.3. The maximum atomic E-state index is 4.59. The van der Waals surface area contributed by atoms with E-state index in [-0.39, 0.29) is 0 Å². The number of aromatic nitrogens is 4. The Bertz CT molecular complexity index is 739. The van der Waals surface area contributed by atoms with Crippen LogP contribution in [0, 0.1) is 6.92 Å². The number of aryl methyl sites for hydroxylation is 1. The topological polar surface area (TPSA) is 43.1 Å². The van der Waals surface area contributed by atoms with Crippen LogP contribution in [0.5, 0.6) is 0 Å². The summed E-state index contributed by atoms with van der Waals surface area (Å²) in [4.78, 5) is 0.833. The molecule has 0 aliphatic rings. The Balaban J connectivity index is 2.16. The summed E-state index contributed by atoms with van der Waals surface area (Å²) in [6.07, 6.45) is 0.825. The van der Waals surface area contributed by atoms with E-state index in [2.05, 4.69) is 73.1 Å². The van der Waals surface area contributed by atoms with Crippen LogP contribution in [0.15, 0.2) is 21.1 Å². The molecule has 98 valence electrons. The van der Waals surface area contributed by atoms with Crippen molar-refractivity contribution in [3.05, 3.63) is 32.5 Å². The van der Waals surface area contributed by atoms with Gasteiger partial charge in [-0.2, -0.15) is 9.61 Å². The van der Waals surface area contributed by atoms with Crippen molar-refractivity contribution in [2.24, 2.45) is 0 Å². The van der Waals surface area contributed by atoms with Crippen molar-refractivity contribution in [1.29, 1.82) is 0 Å². The minimum atomic E-state index is 0.825. The molecule has 3 rings (SSSR count). The van der Waals surface area contributed by atoms with Crippen molar-refractivity contribution >= 4 is 48.2 Å². The fourth-order valence-electron chi connectivity index (χ4n) is 1.76. The van der Waals surface area contributed by atoms with Gasteiger partial charge in [-0.25, -0.2) is 0 Å². The monoisotopic (exact) mass is 400 g/mol. The highest BCUT2D eigenvalue weighted by molar-refractivity contribution is 9.11. The standard InChI is InChI=1S/C12H10Br2N4S/c1-3-10-15-16-12-18(10)17-11(19-12)7-4-8(13)6(2)9(14)5-7/h4-5H,3H2,1-2H3. The first-order chi connectivity index (χ1) is 9.10. The van der Waals surface area contributed by atoms with E-state index in [0.29, 0.717) is 0 Å². The SMILES string of the molecule is CCc1nnc2sc(-c3cc(Br)c(C)c(Br)c3)nn12. The molecule has 0 spiro atoms. The molecule has 0 amide bonds. The summed E-state index contributed by atoms with van der Waals surface area (Å²) in [7, 11) is 0. The molecule has 0 unspecified atom stereocenters. The van der Waals surface area contributed by atoms with Crippen molar-refractivity contribution < 1.29 is 0 Å². The molecule has 0 aliphatic heterocycles. The molecule has 0 bridgehead atoms. The highest BCUT2D eigenvalue weighted by Gasteiger charge is 2.13. The maximum Gasteiger partial charge on any atom is 0.234 e. The van der Waals surface area contributed by atoms with Crippen molar-refractivity contribution in [3.8, 4) is 10.6 Å². The molecular formula is C12H10Br2N4S. The Morgan fingerprint density at radius 2 is 1.89 bits per heavy atom. The third-order valence-electron chi connectivity index (χ3n) is 2.90. The third-order valence-corrected chi connectivity index (χ3v) is 5.49. The van der Waals surface area contributed by atoms with Crippen LogP contribution in [0.1, 0.15) is 18.3 Å². The van der Waals surface area contributed by atoms with Crippen molar-refractivity contribution in [1.82, 2.24) is 19.8 Å². The largest absolute Gasteiger partial charge is 0.234 e. The Labute approximate surface area is 131 Å². The maximum absolute atomic E-state index is 4.59. The van der Waals surface area contributed by atoms with E-state index in [0.717, 1.165) is 36.7 Å². The minimum Gasteiger partial charge on any atom is -0.187 e. The van der Waals surface area contributed by atoms with Gasteiger partial charge in [-0.3, -0.25) is 0 Å². The molecule has 2 heterocycles. The second kappa shape index (κ2) is 4.96. The van der Waals surface area contributed by atoms with Gasteiger partial charge in [-0.1, -0.05) is 50.1 Å². The highest BCUT2D eigenvalue weighted by Crippen LogP contribution is 2.33. The highest BCUT2D eigenvalue weighted by atomic mass is 79.9. The van der Waals surface area contributed by atoms with E-state index in [4.69, 9.17) is 0 Å². The number of nitrogens with zero attached hydrogens (tertiary/aromatic N) is 4. The van der Waals surface area contributed by atoms with Crippen LogP contribution in [0.2, 0.25) is 0 Å². The smallest absolute Gasteiger partial charge is 0.187 e. The molecule has 2 aromatic heterocycles. The molecule has 0 radical (unpaired) electrons. The van der Waals surface area contributed by atoms with Crippen LogP contribution >= 0.6 is 43.2 Å². The van der Waals surface area contributed by atoms with Gasteiger partial charge in [-0.05, 0) is 24.6 Å². The first kappa shape index (κ1) is 13.2. The lowest BCUT2D eigenvalue weighted by atomic mass is 10.2. The van der Waals surface area contributed by atoms with Crippen LogP contribution in [0.3, 0.4) is 0 Å². The minimum absolute atomic E-state index is 0.825. The summed E-state index contributed by atoms with van der Waals surface area (Å²) in [5, 5.41) is 13.8. The molecule has 0 saturated carbocycles. The summed E-state index contributed by atoms with van der Waals surface area (Å²) in [5.41, 5.74) is 2.25. The number of benzene rings is 1. The Morgan fingerprint density at radius 3 is 2.53 bits per heavy atom. The number of hydrogen-bond acceptors (Lipinski definition) is 4. The summed E-state index contributed by atoms with van der Waals surface area (Å²) in [5.74, 6) is 0.891. The molecule has 3 aromatic rings. The molecule has 0 atom stereocenters. The molecule has 0 N–H and O–H groups in total. The van der Waals surface area contributed by atoms with Gasteiger partial charge in [0.15, 0.2) is 5.82 Å². The van der Waals surface area contributed by atoms with Gasteiger partial charge in [0.1, 0.15) is 5.01 Å². The third kappa shape index (κ3) is 2.23. The first-order valence-corrected chi connectivity index (χ1v) is 8.17. The predicted octanol–water partition coefficient (Wildman–Crippen LogP) is 4.25. The summed E-state index contributed by atoms with van der Waals surface area (Å²) >= 11 is 8.68. The van der Waals surface area contributed by atoms with Crippen molar-refractivity contribution in [2.45, 2.75) is 20.3 Å². The van der Waals surface area contributed by atoms with Gasteiger partial charge in [0.05, 0.1) is 0 Å². The molecular weight excluding hydrogens is 392 g/mol. The van der Waals surface area contributed by atoms with Crippen LogP contribution in [-0.2, 0) is 6.42 Å². The normalized spacial score (nSPS) is 11.4. The van der Waals surface area contributed by atoms with E-state index in [1.54, 1.807) is 11.3 Å². The molecule has 4 nitrogen and oxygen atoms in total. The Hall–Kier alpha value is -0.790. The average molecular weight is 402 g/mol. The fraction of sp³-hybridized carbons (Fsp3) is 0.250. The van der Waals surface area contributed by atoms with Gasteiger partial charge in [-0.15, -0.1) is 10.2 Å². The number of halogens is 2. The number of fused-ring (bicyclic) bond motifs is 1. The van der Waals surface area contributed by atoms with E-state index < -0.39 is 0 Å². The van der Waals surface area contributed by atoms with Crippen LogP contribution in [-0.4, -0.2) is 19.8 Å². The molecule has 0 saturated heterocycles. The van der Waals surface area contributed by atoms with Gasteiger partial charge in [0.2, 0.25) is 4.96 Å². The lowest BCUT2D eigenvalue weighted by Gasteiger charge is -2.04. The predicted molar refractivity (Wildman–Crippen MR) is 83.6 cm³/mol. The Kier molecular flexibility index (Phi) is 3.44. The van der Waals surface area contributed by atoms with Crippen molar-refractivity contribution in [2.75, 3.05) is 0 Å². The van der Waals surface area contributed by atoms with Gasteiger partial charge in [0, 0.05) is 20.9 Å². The summed E-state index contributed by atoms with van der Waals surface area (Å²) in [6, 6.07) is 4.16. The van der Waals surface area contributed by atoms with Gasteiger partial charge < -0.3 is 0 Å². The van der Waals surface area contributed by atoms with Gasteiger partial charge in [0.25, 0.3) is 0 Å². The van der Waals surface area contributed by atoms with E-state index >= 15 is 0 Å². The lowest BCUT2D eigenvalue weighted by Crippen LogP contribution is -1.93. The van der Waals surface area contributed by atoms with Crippen LogP contribution < -0.4 is 0 Å². The molecule has 0 aliphatic carbocycles. The quantitative estimate of drug-likeness (QED) is 0.644. The van der Waals surface area contributed by atoms with Gasteiger partial charge >= 0.3 is 0 Å². The van der Waals surface area contributed by atoms with E-state index in [1.165, 1.54) is 5.56 Å². The van der Waals surface area contributed by atoms with Crippen LogP contribution in [0.4, 0.5) is 0 Å². The number of rotatable bonds is 2. The van der Waals surface area contributed by atoms with Crippen molar-refractivity contribution in [3.63, 3.8) is 0 Å². The molecule has 0 fully saturated rings.